The van der Waals surface area contributed by atoms with E-state index in [1.54, 1.807) is 6.20 Å². The summed E-state index contributed by atoms with van der Waals surface area (Å²) >= 11 is 0. The Labute approximate surface area is 726 Å². The van der Waals surface area contributed by atoms with Crippen molar-refractivity contribution < 1.29 is 0 Å². The second kappa shape index (κ2) is 33.9. The molecule has 0 aliphatic carbocycles. The van der Waals surface area contributed by atoms with Gasteiger partial charge in [0.25, 0.3) is 0 Å². The molecule has 23 aromatic rings. The first-order chi connectivity index (χ1) is 61.9. The average Bonchev–Trinajstić information content (AvgIpc) is 0.742. The molecule has 4 aromatic heterocycles. The van der Waals surface area contributed by atoms with E-state index in [1.807, 2.05) is 36.9 Å². The first-order valence-corrected chi connectivity index (χ1v) is 42.4. The Morgan fingerprint density at radius 2 is 0.512 bits per heavy atom. The predicted molar refractivity (Wildman–Crippen MR) is 524 cm³/mol. The minimum Gasteiger partial charge on any atom is -0.264 e. The maximum atomic E-state index is 5.24. The van der Waals surface area contributed by atoms with Gasteiger partial charge in [0, 0.05) is 75.3 Å². The van der Waals surface area contributed by atoms with E-state index < -0.39 is 0 Å². The molecule has 19 aromatic carbocycles. The van der Waals surface area contributed by atoms with Crippen LogP contribution in [-0.4, -0.2) is 29.9 Å². The third-order valence-corrected chi connectivity index (χ3v) is 24.0. The van der Waals surface area contributed by atoms with Crippen LogP contribution in [0.15, 0.2) is 468 Å². The molecule has 0 aliphatic heterocycles. The van der Waals surface area contributed by atoms with Gasteiger partial charge in [-0.3, -0.25) is 9.97 Å². The molecule has 0 bridgehead atoms. The van der Waals surface area contributed by atoms with Gasteiger partial charge >= 0.3 is 0 Å². The average molecular weight is 1590 g/mol. The Kier molecular flexibility index (Phi) is 20.6. The van der Waals surface area contributed by atoms with Gasteiger partial charge in [-0.2, -0.15) is 0 Å². The molecule has 0 unspecified atom stereocenters. The van der Waals surface area contributed by atoms with E-state index in [0.29, 0.717) is 11.6 Å². The molecule has 4 heterocycles. The van der Waals surface area contributed by atoms with Crippen LogP contribution in [0.1, 0.15) is 5.56 Å². The van der Waals surface area contributed by atoms with Crippen LogP contribution < -0.4 is 0 Å². The maximum absolute atomic E-state index is 5.24. The highest BCUT2D eigenvalue weighted by Gasteiger charge is 2.19. The van der Waals surface area contributed by atoms with Gasteiger partial charge in [-0.1, -0.05) is 424 Å². The molecule has 0 N–H and O–H groups in total. The van der Waals surface area contributed by atoms with E-state index in [-0.39, 0.29) is 0 Å². The minimum absolute atomic E-state index is 0.685. The summed E-state index contributed by atoms with van der Waals surface area (Å²) in [5.41, 5.74) is 27.5. The number of pyridine rings is 2. The largest absolute Gasteiger partial charge is 0.264 e. The van der Waals surface area contributed by atoms with E-state index in [4.69, 9.17) is 19.9 Å². The molecule has 0 amide bonds. The van der Waals surface area contributed by atoms with E-state index >= 15 is 0 Å². The zero-order chi connectivity index (χ0) is 83.4. The second-order valence-corrected chi connectivity index (χ2v) is 31.7. The molecular formula is C119H80N6. The molecule has 0 fully saturated rings. The Balaban J connectivity index is 0.000000129. The van der Waals surface area contributed by atoms with E-state index in [2.05, 4.69) is 442 Å². The smallest absolute Gasteiger partial charge is 0.160 e. The fourth-order valence-corrected chi connectivity index (χ4v) is 17.5. The molecule has 0 radical (unpaired) electrons. The quantitative estimate of drug-likeness (QED) is 0.107. The Morgan fingerprint density at radius 3 is 1.01 bits per heavy atom. The third kappa shape index (κ3) is 15.5. The van der Waals surface area contributed by atoms with Crippen molar-refractivity contribution in [3.05, 3.63) is 473 Å². The van der Waals surface area contributed by atoms with Crippen molar-refractivity contribution in [2.75, 3.05) is 0 Å². The number of aromatic nitrogens is 6. The maximum Gasteiger partial charge on any atom is 0.160 e. The second-order valence-electron chi connectivity index (χ2n) is 31.7. The summed E-state index contributed by atoms with van der Waals surface area (Å²) in [6.45, 7) is 2.12. The van der Waals surface area contributed by atoms with Crippen LogP contribution in [0.25, 0.3) is 221 Å². The lowest BCUT2D eigenvalue weighted by molar-refractivity contribution is 1.18. The molecule has 0 spiro atoms. The normalized spacial score (nSPS) is 11.2. The van der Waals surface area contributed by atoms with Crippen LogP contribution in [0.3, 0.4) is 0 Å². The molecule has 0 aliphatic rings. The summed E-state index contributed by atoms with van der Waals surface area (Å²) in [6, 6.07) is 155. The number of fused-ring (bicyclic) bond motifs is 10. The van der Waals surface area contributed by atoms with Gasteiger partial charge < -0.3 is 0 Å². The zero-order valence-corrected chi connectivity index (χ0v) is 68.6. The lowest BCUT2D eigenvalue weighted by Gasteiger charge is -2.13. The molecule has 586 valence electrons. The number of rotatable bonds is 13. The van der Waals surface area contributed by atoms with Crippen molar-refractivity contribution in [2.24, 2.45) is 0 Å². The van der Waals surface area contributed by atoms with Gasteiger partial charge in [0.2, 0.25) is 0 Å². The number of hydrogen-bond acceptors (Lipinski definition) is 6. The molecule has 0 saturated heterocycles. The summed E-state index contributed by atoms with van der Waals surface area (Å²) in [6.07, 6.45) is 9.53. The number of benzene rings is 19. The highest BCUT2D eigenvalue weighted by atomic mass is 14.9. The number of aryl methyl sites for hydroxylation is 1. The standard InChI is InChI=1S/C55H35N3.C47H31N3.C17H14/c1-2-10-36(11-3-1)37-18-24-40(25-19-37)53-33-54(41-26-22-39(23-27-41)52-35-56-34-44-12-4-5-13-45(44)52)58-55(57-53)42-28-20-38(21-29-42)43-30-31-50-48-16-7-6-14-46(48)47-15-8-9-17-49(47)51(50)32-43;1-3-13-41-33(8-1)10-5-15-43(41)35-19-21-37(22-20-35)45-31-49-47(50-46(45)38-25-17-32(18-26-38)40-12-7-29-48-30-40)39-27-23-36(24-28-39)44-16-6-11-34-9-2-4-14-42(34)44;1-13-9-11-15(12-10-13)17-8-4-6-14-5-2-3-7-16(14)17/h1-35H;1-31H;2-12H,1H3. The van der Waals surface area contributed by atoms with E-state index in [9.17, 15) is 0 Å². The topological polar surface area (TPSA) is 77.3 Å². The lowest BCUT2D eigenvalue weighted by atomic mass is 9.92. The van der Waals surface area contributed by atoms with E-state index in [0.717, 1.165) is 89.2 Å². The van der Waals surface area contributed by atoms with Crippen LogP contribution in [0.4, 0.5) is 0 Å². The van der Waals surface area contributed by atoms with Gasteiger partial charge in [0.1, 0.15) is 0 Å². The molecule has 6 nitrogen and oxygen atoms in total. The fourth-order valence-electron chi connectivity index (χ4n) is 17.5. The van der Waals surface area contributed by atoms with Crippen LogP contribution in [0, 0.1) is 6.92 Å². The van der Waals surface area contributed by atoms with Gasteiger partial charge in [-0.25, -0.2) is 19.9 Å². The van der Waals surface area contributed by atoms with Crippen molar-refractivity contribution in [1.82, 2.24) is 29.9 Å². The number of nitrogens with zero attached hydrogens (tertiary/aromatic N) is 6. The Hall–Kier alpha value is -16.5. The summed E-state index contributed by atoms with van der Waals surface area (Å²) < 4.78 is 0. The summed E-state index contributed by atoms with van der Waals surface area (Å²) in [5, 5.41) is 17.5. The molecular weight excluding hydrogens is 1510 g/mol. The van der Waals surface area contributed by atoms with E-state index in [1.165, 1.54) is 126 Å². The van der Waals surface area contributed by atoms with Crippen molar-refractivity contribution in [1.29, 1.82) is 0 Å². The van der Waals surface area contributed by atoms with Crippen molar-refractivity contribution in [2.45, 2.75) is 6.92 Å². The van der Waals surface area contributed by atoms with Crippen LogP contribution in [-0.2, 0) is 0 Å². The SMILES string of the molecule is Cc1ccc(-c2cccc3ccccc23)cc1.c1ccc(-c2ccc(-c3cc(-c4ccc(-c5cncc6ccccc56)cc4)nc(-c4ccc(-c5ccc6c7ccccc7c7ccccc7c6c5)cc4)n3)cc2)cc1.c1cncc(-c2ccc(-c3nc(-c4ccc(-c5cccc6ccccc56)cc4)ncc3-c3ccc(-c4cccc5ccccc45)cc3)cc2)c1. The van der Waals surface area contributed by atoms with Crippen molar-refractivity contribution >= 4 is 75.4 Å². The van der Waals surface area contributed by atoms with Gasteiger partial charge in [0.15, 0.2) is 11.6 Å². The van der Waals surface area contributed by atoms with Crippen LogP contribution in [0.5, 0.6) is 0 Å². The van der Waals surface area contributed by atoms with Crippen LogP contribution in [0.2, 0.25) is 0 Å². The minimum atomic E-state index is 0.685. The summed E-state index contributed by atoms with van der Waals surface area (Å²) in [4.78, 5) is 29.4. The highest BCUT2D eigenvalue weighted by molar-refractivity contribution is 6.26. The first kappa shape index (κ1) is 75.9. The van der Waals surface area contributed by atoms with Gasteiger partial charge in [0.05, 0.1) is 17.1 Å². The molecule has 0 saturated carbocycles. The van der Waals surface area contributed by atoms with Crippen LogP contribution >= 0.6 is 0 Å². The Morgan fingerprint density at radius 1 is 0.168 bits per heavy atom. The zero-order valence-electron chi connectivity index (χ0n) is 68.6. The van der Waals surface area contributed by atoms with Crippen molar-refractivity contribution in [3.63, 3.8) is 0 Å². The third-order valence-electron chi connectivity index (χ3n) is 24.0. The molecule has 125 heavy (non-hydrogen) atoms. The summed E-state index contributed by atoms with van der Waals surface area (Å²) in [5.74, 6) is 1.38. The molecule has 0 atom stereocenters. The fraction of sp³-hybridized carbons (Fsp3) is 0.00840. The molecule has 23 rings (SSSR count). The Bertz CT molecular complexity index is 7840. The van der Waals surface area contributed by atoms with Gasteiger partial charge in [-0.15, -0.1) is 0 Å². The number of hydrogen-bond donors (Lipinski definition) is 0. The highest BCUT2D eigenvalue weighted by Crippen LogP contribution is 2.42. The summed E-state index contributed by atoms with van der Waals surface area (Å²) in [7, 11) is 0. The van der Waals surface area contributed by atoms with Crippen molar-refractivity contribution in [3.8, 4) is 146 Å². The first-order valence-electron chi connectivity index (χ1n) is 42.4. The lowest BCUT2D eigenvalue weighted by Crippen LogP contribution is -1.96. The monoisotopic (exact) mass is 1590 g/mol. The molecule has 6 heteroatoms. The van der Waals surface area contributed by atoms with Gasteiger partial charge in [-0.05, 0) is 173 Å². The predicted octanol–water partition coefficient (Wildman–Crippen LogP) is 31.5.